The van der Waals surface area contributed by atoms with E-state index in [2.05, 4.69) is 40.8 Å². The Hall–Kier alpha value is -4.28. The average molecular weight is 574 g/mol. The van der Waals surface area contributed by atoms with Crippen LogP contribution in [0.25, 0.3) is 31.8 Å². The molecule has 0 radical (unpaired) electrons. The van der Waals surface area contributed by atoms with Gasteiger partial charge in [-0.3, -0.25) is 9.48 Å². The number of hydrazone groups is 1. The topological polar surface area (TPSA) is 178 Å². The van der Waals surface area contributed by atoms with Crippen LogP contribution in [0.1, 0.15) is 81.1 Å². The highest BCUT2D eigenvalue weighted by molar-refractivity contribution is 6.06. The number of aromatic nitrogens is 2. The lowest BCUT2D eigenvalue weighted by Gasteiger charge is -2.37. The number of benzene rings is 1. The van der Waals surface area contributed by atoms with Gasteiger partial charge in [-0.05, 0) is 75.1 Å². The van der Waals surface area contributed by atoms with Gasteiger partial charge in [0.2, 0.25) is 0 Å². The summed E-state index contributed by atoms with van der Waals surface area (Å²) < 4.78 is 7.72. The summed E-state index contributed by atoms with van der Waals surface area (Å²) >= 11 is 0. The monoisotopic (exact) mass is 573 g/mol. The summed E-state index contributed by atoms with van der Waals surface area (Å²) in [6.07, 6.45) is 10.0. The van der Waals surface area contributed by atoms with Crippen LogP contribution in [-0.2, 0) is 4.74 Å². The van der Waals surface area contributed by atoms with Gasteiger partial charge < -0.3 is 9.64 Å². The summed E-state index contributed by atoms with van der Waals surface area (Å²) in [4.78, 5) is 34.8. The number of azide groups is 2. The molecule has 1 aromatic carbocycles. The van der Waals surface area contributed by atoms with Crippen LogP contribution < -0.4 is 0 Å². The smallest absolute Gasteiger partial charge is 0.430 e. The molecule has 0 N–H and O–H groups in total. The van der Waals surface area contributed by atoms with Gasteiger partial charge in [-0.2, -0.15) is 15.2 Å². The number of hydrogen-bond acceptors (Lipinski definition) is 7. The molecule has 220 valence electrons. The Morgan fingerprint density at radius 1 is 1.10 bits per heavy atom. The Kier molecular flexibility index (Phi) is 7.66. The number of hydrogen-bond donors (Lipinski definition) is 0. The van der Waals surface area contributed by atoms with Gasteiger partial charge in [-0.15, -0.1) is 0 Å². The van der Waals surface area contributed by atoms with E-state index in [1.807, 2.05) is 18.3 Å². The fourth-order valence-corrected chi connectivity index (χ4v) is 6.74. The normalized spacial score (nSPS) is 23.4. The van der Waals surface area contributed by atoms with Crippen molar-refractivity contribution >= 4 is 28.6 Å². The number of carbonyl (C=O) groups excluding carboxylic acids is 2. The van der Waals surface area contributed by atoms with E-state index in [0.717, 1.165) is 55.1 Å². The van der Waals surface area contributed by atoms with Crippen LogP contribution in [0.2, 0.25) is 0 Å². The largest absolute Gasteiger partial charge is 0.442 e. The van der Waals surface area contributed by atoms with E-state index in [0.29, 0.717) is 24.6 Å². The third kappa shape index (κ3) is 5.47. The second kappa shape index (κ2) is 11.5. The lowest BCUT2D eigenvalue weighted by Crippen LogP contribution is -2.46. The fourth-order valence-electron chi connectivity index (χ4n) is 6.74. The third-order valence-corrected chi connectivity index (χ3v) is 9.00. The Labute approximate surface area is 242 Å². The molecule has 2 unspecified atom stereocenters. The molecule has 4 aliphatic rings. The SMILES string of the molecule is CC(CN=[N+]=[N-])(CN=[N+]=[N-])OC(=O)N1CC2CC(N(C(=O)c3cccc4c3cnn4C3CCCC3)C3CC3)CCC2=N1. The van der Waals surface area contributed by atoms with Crippen molar-refractivity contribution in [3.05, 3.63) is 50.8 Å². The molecule has 14 heteroatoms. The van der Waals surface area contributed by atoms with Crippen molar-refractivity contribution in [2.45, 2.75) is 88.4 Å². The summed E-state index contributed by atoms with van der Waals surface area (Å²) in [5, 5.41) is 18.5. The predicted octanol–water partition coefficient (Wildman–Crippen LogP) is 6.11. The molecule has 0 spiro atoms. The van der Waals surface area contributed by atoms with E-state index < -0.39 is 11.7 Å². The fraction of sp³-hybridized carbons (Fsp3) is 0.643. The number of rotatable bonds is 9. The van der Waals surface area contributed by atoms with E-state index in [1.165, 1.54) is 17.9 Å². The number of carbonyl (C=O) groups is 2. The first-order valence-electron chi connectivity index (χ1n) is 14.8. The second-order valence-electron chi connectivity index (χ2n) is 12.1. The Balaban J connectivity index is 1.16. The first-order valence-corrected chi connectivity index (χ1v) is 14.8. The number of nitrogens with zero attached hydrogens (tertiary/aromatic N) is 11. The van der Waals surface area contributed by atoms with Crippen LogP contribution in [-0.4, -0.2) is 74.7 Å². The van der Waals surface area contributed by atoms with Gasteiger partial charge in [0.15, 0.2) is 0 Å². The van der Waals surface area contributed by atoms with Crippen molar-refractivity contribution in [2.75, 3.05) is 19.6 Å². The van der Waals surface area contributed by atoms with Gasteiger partial charge in [-0.25, -0.2) is 4.79 Å². The van der Waals surface area contributed by atoms with Crippen molar-refractivity contribution in [2.24, 2.45) is 21.2 Å². The minimum absolute atomic E-state index is 0.0202. The molecule has 1 aliphatic heterocycles. The maximum Gasteiger partial charge on any atom is 0.430 e. The van der Waals surface area contributed by atoms with Crippen molar-refractivity contribution in [3.8, 4) is 0 Å². The van der Waals surface area contributed by atoms with E-state index >= 15 is 0 Å². The molecule has 0 saturated heterocycles. The van der Waals surface area contributed by atoms with Crippen molar-refractivity contribution in [1.29, 1.82) is 0 Å². The molecule has 2 amide bonds. The van der Waals surface area contributed by atoms with Crippen molar-refractivity contribution < 1.29 is 14.3 Å². The van der Waals surface area contributed by atoms with E-state index in [4.69, 9.17) is 20.9 Å². The quantitative estimate of drug-likeness (QED) is 0.200. The summed E-state index contributed by atoms with van der Waals surface area (Å²) in [7, 11) is 0. The third-order valence-electron chi connectivity index (χ3n) is 9.00. The minimum atomic E-state index is -1.28. The molecular weight excluding hydrogens is 538 g/mol. The zero-order chi connectivity index (χ0) is 29.3. The Bertz CT molecular complexity index is 1480. The van der Waals surface area contributed by atoms with Crippen LogP contribution in [0.3, 0.4) is 0 Å². The van der Waals surface area contributed by atoms with Crippen LogP contribution in [0.15, 0.2) is 39.7 Å². The van der Waals surface area contributed by atoms with Gasteiger partial charge in [-0.1, -0.05) is 29.1 Å². The van der Waals surface area contributed by atoms with Gasteiger partial charge in [0.05, 0.1) is 43.0 Å². The minimum Gasteiger partial charge on any atom is -0.442 e. The maximum absolute atomic E-state index is 14.2. The molecule has 1 aromatic heterocycles. The molecular formula is C28H35N11O3. The highest BCUT2D eigenvalue weighted by Gasteiger charge is 2.44. The van der Waals surface area contributed by atoms with Crippen LogP contribution in [0.5, 0.6) is 0 Å². The van der Waals surface area contributed by atoms with E-state index in [9.17, 15) is 9.59 Å². The molecule has 2 atom stereocenters. The Morgan fingerprint density at radius 2 is 1.83 bits per heavy atom. The highest BCUT2D eigenvalue weighted by Crippen LogP contribution is 2.39. The predicted molar refractivity (Wildman–Crippen MR) is 155 cm³/mol. The van der Waals surface area contributed by atoms with Gasteiger partial charge in [0, 0.05) is 38.9 Å². The Morgan fingerprint density at radius 3 is 2.52 bits per heavy atom. The van der Waals surface area contributed by atoms with Gasteiger partial charge in [0.25, 0.3) is 5.91 Å². The average Bonchev–Trinajstić information content (AvgIpc) is 3.36. The van der Waals surface area contributed by atoms with Crippen molar-refractivity contribution in [3.63, 3.8) is 0 Å². The standard InChI is InChI=1S/C28H35N11O3/c1-28(16-31-35-29,17-32-36-30)42-27(41)37-15-18-13-21(11-12-24(18)34-37)38(19-9-10-19)26(40)22-7-4-8-25-23(22)14-33-39(25)20-5-2-3-6-20/h4,7-8,14,18-21H,2-3,5-6,9-13,15-17H2,1H3. The molecule has 2 heterocycles. The molecule has 42 heavy (non-hydrogen) atoms. The highest BCUT2D eigenvalue weighted by atomic mass is 16.6. The first-order chi connectivity index (χ1) is 20.4. The second-order valence-corrected chi connectivity index (χ2v) is 12.1. The van der Waals surface area contributed by atoms with Gasteiger partial charge in [0.1, 0.15) is 5.60 Å². The van der Waals surface area contributed by atoms with E-state index in [1.54, 1.807) is 6.92 Å². The summed E-state index contributed by atoms with van der Waals surface area (Å²) in [5.74, 6) is 0.0763. The van der Waals surface area contributed by atoms with Crippen molar-refractivity contribution in [1.82, 2.24) is 19.7 Å². The molecule has 6 rings (SSSR count). The summed E-state index contributed by atoms with van der Waals surface area (Å²) in [6, 6.07) is 6.64. The zero-order valence-electron chi connectivity index (χ0n) is 23.7. The molecule has 3 saturated carbocycles. The number of fused-ring (bicyclic) bond motifs is 2. The molecule has 14 nitrogen and oxygen atoms in total. The summed E-state index contributed by atoms with van der Waals surface area (Å²) in [6.45, 7) is 1.56. The summed E-state index contributed by atoms with van der Waals surface area (Å²) in [5.41, 5.74) is 18.8. The lowest BCUT2D eigenvalue weighted by atomic mass is 9.83. The lowest BCUT2D eigenvalue weighted by molar-refractivity contribution is 0.0137. The van der Waals surface area contributed by atoms with E-state index in [-0.39, 0.29) is 37.0 Å². The number of ether oxygens (including phenoxy) is 1. The number of amides is 2. The van der Waals surface area contributed by atoms with Crippen LogP contribution >= 0.6 is 0 Å². The maximum atomic E-state index is 14.2. The first kappa shape index (κ1) is 27.9. The zero-order valence-corrected chi connectivity index (χ0v) is 23.7. The van der Waals surface area contributed by atoms with Crippen LogP contribution in [0.4, 0.5) is 4.79 Å². The molecule has 0 bridgehead atoms. The van der Waals surface area contributed by atoms with Crippen LogP contribution in [0, 0.1) is 5.92 Å². The molecule has 3 fully saturated rings. The molecule has 2 aromatic rings. The van der Waals surface area contributed by atoms with Gasteiger partial charge >= 0.3 is 6.09 Å². The molecule has 3 aliphatic carbocycles.